The number of carbonyl (C=O) groups is 1. The van der Waals surface area contributed by atoms with Crippen molar-refractivity contribution in [3.8, 4) is 0 Å². The Bertz CT molecular complexity index is 585. The van der Waals surface area contributed by atoms with Gasteiger partial charge in [-0.05, 0) is 45.0 Å². The third-order valence-corrected chi connectivity index (χ3v) is 3.77. The van der Waals surface area contributed by atoms with E-state index in [2.05, 4.69) is 15.4 Å². The van der Waals surface area contributed by atoms with E-state index in [0.717, 1.165) is 18.8 Å². The molecule has 1 saturated heterocycles. The summed E-state index contributed by atoms with van der Waals surface area (Å²) in [5.74, 6) is 1.29. The van der Waals surface area contributed by atoms with Crippen molar-refractivity contribution < 1.29 is 13.7 Å². The fraction of sp³-hybridized carbons (Fsp3) is 0.467. The average Bonchev–Trinajstić information content (AvgIpc) is 3.21. The smallest absolute Gasteiger partial charge is 0.273 e. The number of carbonyl (C=O) groups excluding carboxylic acids is 1. The molecule has 6 nitrogen and oxygen atoms in total. The number of hydrogen-bond acceptors (Lipinski definition) is 5. The van der Waals surface area contributed by atoms with Crippen LogP contribution in [0.4, 0.5) is 0 Å². The van der Waals surface area contributed by atoms with E-state index in [-0.39, 0.29) is 11.9 Å². The van der Waals surface area contributed by atoms with E-state index >= 15 is 0 Å². The summed E-state index contributed by atoms with van der Waals surface area (Å²) in [5, 5.41) is 6.64. The first-order chi connectivity index (χ1) is 10.2. The topological polar surface area (TPSA) is 71.5 Å². The van der Waals surface area contributed by atoms with Gasteiger partial charge in [-0.2, -0.15) is 0 Å². The molecule has 0 spiro atoms. The van der Waals surface area contributed by atoms with Crippen LogP contribution in [0.25, 0.3) is 0 Å². The van der Waals surface area contributed by atoms with E-state index in [0.29, 0.717) is 18.0 Å². The fourth-order valence-electron chi connectivity index (χ4n) is 2.70. The Balaban J connectivity index is 1.66. The first-order valence-corrected chi connectivity index (χ1v) is 7.23. The maximum absolute atomic E-state index is 12.1. The molecule has 0 aromatic carbocycles. The standard InChI is InChI=1S/C15H19N3O3/c1-11-9-12(17-21-11)15(19)16-10-13(14-5-4-8-20-14)18-6-2-3-7-18/h4-5,8-9,13H,2-3,6-7,10H2,1H3,(H,16,19)/t13-/m1/s1. The van der Waals surface area contributed by atoms with E-state index in [1.54, 1.807) is 19.3 Å². The first kappa shape index (κ1) is 13.9. The lowest BCUT2D eigenvalue weighted by Crippen LogP contribution is -2.36. The van der Waals surface area contributed by atoms with Gasteiger partial charge in [-0.25, -0.2) is 0 Å². The number of furan rings is 1. The molecule has 6 heteroatoms. The van der Waals surface area contributed by atoms with Crippen molar-refractivity contribution in [2.24, 2.45) is 0 Å². The van der Waals surface area contributed by atoms with Crippen LogP contribution in [-0.2, 0) is 0 Å². The summed E-state index contributed by atoms with van der Waals surface area (Å²) in [6.45, 7) is 4.33. The molecule has 0 radical (unpaired) electrons. The molecule has 112 valence electrons. The maximum Gasteiger partial charge on any atom is 0.273 e. The van der Waals surface area contributed by atoms with Crippen LogP contribution in [0.3, 0.4) is 0 Å². The Labute approximate surface area is 123 Å². The van der Waals surface area contributed by atoms with Crippen LogP contribution in [0.1, 0.15) is 40.9 Å². The molecule has 0 bridgehead atoms. The summed E-state index contributed by atoms with van der Waals surface area (Å²) >= 11 is 0. The highest BCUT2D eigenvalue weighted by Crippen LogP contribution is 2.24. The van der Waals surface area contributed by atoms with Crippen molar-refractivity contribution in [2.45, 2.75) is 25.8 Å². The molecule has 0 saturated carbocycles. The highest BCUT2D eigenvalue weighted by atomic mass is 16.5. The third kappa shape index (κ3) is 3.16. The summed E-state index contributed by atoms with van der Waals surface area (Å²) in [4.78, 5) is 14.4. The quantitative estimate of drug-likeness (QED) is 0.913. The summed E-state index contributed by atoms with van der Waals surface area (Å²) in [6.07, 6.45) is 4.04. The second kappa shape index (κ2) is 6.13. The average molecular weight is 289 g/mol. The van der Waals surface area contributed by atoms with Gasteiger partial charge in [0.05, 0.1) is 12.3 Å². The van der Waals surface area contributed by atoms with Crippen molar-refractivity contribution in [1.82, 2.24) is 15.4 Å². The summed E-state index contributed by atoms with van der Waals surface area (Å²) in [5.41, 5.74) is 0.312. The van der Waals surface area contributed by atoms with Crippen LogP contribution in [0, 0.1) is 6.92 Å². The van der Waals surface area contributed by atoms with Gasteiger partial charge in [0, 0.05) is 12.6 Å². The van der Waals surface area contributed by atoms with Gasteiger partial charge in [0.25, 0.3) is 5.91 Å². The molecule has 2 aromatic rings. The maximum atomic E-state index is 12.1. The molecular weight excluding hydrogens is 270 g/mol. The molecule has 1 N–H and O–H groups in total. The molecule has 0 unspecified atom stereocenters. The van der Waals surface area contributed by atoms with E-state index in [1.807, 2.05) is 12.1 Å². The van der Waals surface area contributed by atoms with E-state index in [1.165, 1.54) is 12.8 Å². The van der Waals surface area contributed by atoms with Gasteiger partial charge < -0.3 is 14.3 Å². The molecule has 3 heterocycles. The van der Waals surface area contributed by atoms with Crippen molar-refractivity contribution in [3.05, 3.63) is 41.7 Å². The summed E-state index contributed by atoms with van der Waals surface area (Å²) < 4.78 is 10.4. The Kier molecular flexibility index (Phi) is 4.06. The van der Waals surface area contributed by atoms with Crippen molar-refractivity contribution in [2.75, 3.05) is 19.6 Å². The lowest BCUT2D eigenvalue weighted by Gasteiger charge is -2.25. The van der Waals surface area contributed by atoms with Crippen LogP contribution >= 0.6 is 0 Å². The Morgan fingerprint density at radius 3 is 2.90 bits per heavy atom. The monoisotopic (exact) mass is 289 g/mol. The number of aromatic nitrogens is 1. The molecule has 1 aliphatic heterocycles. The van der Waals surface area contributed by atoms with Gasteiger partial charge >= 0.3 is 0 Å². The highest BCUT2D eigenvalue weighted by Gasteiger charge is 2.26. The van der Waals surface area contributed by atoms with Crippen LogP contribution in [0.2, 0.25) is 0 Å². The Hall–Kier alpha value is -2.08. The zero-order chi connectivity index (χ0) is 14.7. The van der Waals surface area contributed by atoms with Crippen LogP contribution in [0.5, 0.6) is 0 Å². The lowest BCUT2D eigenvalue weighted by atomic mass is 10.2. The van der Waals surface area contributed by atoms with Gasteiger partial charge in [-0.3, -0.25) is 9.69 Å². The molecule has 1 amide bonds. The summed E-state index contributed by atoms with van der Waals surface area (Å²) in [7, 11) is 0. The molecule has 0 aliphatic carbocycles. The minimum absolute atomic E-state index is 0.0689. The largest absolute Gasteiger partial charge is 0.468 e. The minimum Gasteiger partial charge on any atom is -0.468 e. The molecule has 2 aromatic heterocycles. The van der Waals surface area contributed by atoms with Crippen molar-refractivity contribution >= 4 is 5.91 Å². The van der Waals surface area contributed by atoms with Gasteiger partial charge in [0.2, 0.25) is 0 Å². The molecular formula is C15H19N3O3. The van der Waals surface area contributed by atoms with Crippen LogP contribution in [0.15, 0.2) is 33.4 Å². The normalized spacial score (nSPS) is 17.0. The number of hydrogen-bond donors (Lipinski definition) is 1. The Morgan fingerprint density at radius 2 is 2.29 bits per heavy atom. The highest BCUT2D eigenvalue weighted by molar-refractivity contribution is 5.92. The lowest BCUT2D eigenvalue weighted by molar-refractivity contribution is 0.0924. The number of amides is 1. The number of likely N-dealkylation sites (tertiary alicyclic amines) is 1. The zero-order valence-electron chi connectivity index (χ0n) is 12.0. The number of nitrogens with zero attached hydrogens (tertiary/aromatic N) is 2. The van der Waals surface area contributed by atoms with Crippen molar-refractivity contribution in [3.63, 3.8) is 0 Å². The van der Waals surface area contributed by atoms with Gasteiger partial charge in [0.15, 0.2) is 5.69 Å². The SMILES string of the molecule is Cc1cc(C(=O)NC[C@H](c2ccco2)N2CCCC2)no1. The summed E-state index contributed by atoms with van der Waals surface area (Å²) in [6, 6.07) is 5.53. The van der Waals surface area contributed by atoms with E-state index < -0.39 is 0 Å². The third-order valence-electron chi connectivity index (χ3n) is 3.77. The van der Waals surface area contributed by atoms with Crippen molar-refractivity contribution in [1.29, 1.82) is 0 Å². The predicted octanol–water partition coefficient (Wildman–Crippen LogP) is 2.14. The Morgan fingerprint density at radius 1 is 1.48 bits per heavy atom. The van der Waals surface area contributed by atoms with Crippen LogP contribution in [-0.4, -0.2) is 35.6 Å². The minimum atomic E-state index is -0.220. The molecule has 1 atom stereocenters. The molecule has 1 aliphatic rings. The fourth-order valence-corrected chi connectivity index (χ4v) is 2.70. The second-order valence-corrected chi connectivity index (χ2v) is 5.31. The molecule has 3 rings (SSSR count). The van der Waals surface area contributed by atoms with Crippen LogP contribution < -0.4 is 5.32 Å². The number of rotatable bonds is 5. The van der Waals surface area contributed by atoms with Gasteiger partial charge in [-0.1, -0.05) is 5.16 Å². The first-order valence-electron chi connectivity index (χ1n) is 7.23. The molecule has 1 fully saturated rings. The van der Waals surface area contributed by atoms with Gasteiger partial charge in [-0.15, -0.1) is 0 Å². The zero-order valence-corrected chi connectivity index (χ0v) is 12.0. The van der Waals surface area contributed by atoms with E-state index in [9.17, 15) is 4.79 Å². The van der Waals surface area contributed by atoms with E-state index in [4.69, 9.17) is 8.94 Å². The number of nitrogens with one attached hydrogen (secondary N) is 1. The van der Waals surface area contributed by atoms with Gasteiger partial charge in [0.1, 0.15) is 11.5 Å². The molecule has 21 heavy (non-hydrogen) atoms. The predicted molar refractivity (Wildman–Crippen MR) is 75.8 cm³/mol. The number of aryl methyl sites for hydroxylation is 1. The second-order valence-electron chi connectivity index (χ2n) is 5.31.